The molecular weight excluding hydrogens is 264 g/mol. The molecule has 1 saturated heterocycles. The van der Waals surface area contributed by atoms with Crippen LogP contribution in [-0.4, -0.2) is 24.5 Å². The van der Waals surface area contributed by atoms with Gasteiger partial charge in [0.2, 0.25) is 0 Å². The molecule has 2 heterocycles. The van der Waals surface area contributed by atoms with Crippen LogP contribution in [0.4, 0.5) is 0 Å². The number of fused-ring (bicyclic) bond motifs is 1. The minimum atomic E-state index is -0.510. The molecule has 1 aliphatic rings. The molecule has 6 heteroatoms. The molecule has 2 aromatic rings. The zero-order chi connectivity index (χ0) is 13.4. The Morgan fingerprint density at radius 3 is 3.00 bits per heavy atom. The highest BCUT2D eigenvalue weighted by Crippen LogP contribution is 2.30. The van der Waals surface area contributed by atoms with E-state index in [2.05, 4.69) is 0 Å². The van der Waals surface area contributed by atoms with Gasteiger partial charge in [-0.15, -0.1) is 11.3 Å². The summed E-state index contributed by atoms with van der Waals surface area (Å²) in [7, 11) is 0. The fraction of sp³-hybridized carbons (Fsp3) is 0.231. The van der Waals surface area contributed by atoms with Gasteiger partial charge in [0.15, 0.2) is 6.10 Å². The molecule has 19 heavy (non-hydrogen) atoms. The maximum absolute atomic E-state index is 11.3. The quantitative estimate of drug-likeness (QED) is 0.509. The largest absolute Gasteiger partial charge is 0.479 e. The molecule has 1 aromatic carbocycles. The van der Waals surface area contributed by atoms with Crippen LogP contribution < -0.4 is 10.5 Å². The Bertz CT molecular complexity index is 665. The lowest BCUT2D eigenvalue weighted by Crippen LogP contribution is -2.21. The number of nitrogens with one attached hydrogen (secondary N) is 1. The molecule has 1 aliphatic heterocycles. The highest BCUT2D eigenvalue weighted by Gasteiger charge is 2.28. The van der Waals surface area contributed by atoms with Crippen molar-refractivity contribution in [2.45, 2.75) is 12.5 Å². The third kappa shape index (κ3) is 2.26. The average molecular weight is 276 g/mol. The third-order valence-electron chi connectivity index (χ3n) is 2.92. The van der Waals surface area contributed by atoms with E-state index in [0.29, 0.717) is 18.8 Å². The van der Waals surface area contributed by atoms with Gasteiger partial charge in [-0.25, -0.2) is 4.79 Å². The first kappa shape index (κ1) is 12.0. The molecule has 1 unspecified atom stereocenters. The summed E-state index contributed by atoms with van der Waals surface area (Å²) in [5.74, 6) is 0.382. The number of nitrogens with two attached hydrogens (primary N) is 1. The molecule has 0 bridgehead atoms. The Morgan fingerprint density at radius 1 is 1.47 bits per heavy atom. The van der Waals surface area contributed by atoms with E-state index in [4.69, 9.17) is 20.6 Å². The van der Waals surface area contributed by atoms with Crippen LogP contribution in [0.3, 0.4) is 0 Å². The van der Waals surface area contributed by atoms with Crippen LogP contribution in [0.2, 0.25) is 0 Å². The first-order valence-electron chi connectivity index (χ1n) is 5.85. The Labute approximate surface area is 113 Å². The number of ether oxygens (including phenoxy) is 2. The van der Waals surface area contributed by atoms with E-state index in [1.165, 1.54) is 11.3 Å². The second-order valence-electron chi connectivity index (χ2n) is 4.29. The van der Waals surface area contributed by atoms with Gasteiger partial charge >= 0.3 is 5.97 Å². The van der Waals surface area contributed by atoms with Gasteiger partial charge in [0, 0.05) is 11.1 Å². The molecular formula is C13H12N2O3S. The number of hydrogen-bond donors (Lipinski definition) is 2. The number of amidine groups is 1. The van der Waals surface area contributed by atoms with Gasteiger partial charge in [-0.2, -0.15) is 0 Å². The van der Waals surface area contributed by atoms with Crippen molar-refractivity contribution in [1.82, 2.24) is 0 Å². The summed E-state index contributed by atoms with van der Waals surface area (Å²) in [6.45, 7) is 0.416. The van der Waals surface area contributed by atoms with Crippen molar-refractivity contribution in [2.24, 2.45) is 5.73 Å². The van der Waals surface area contributed by atoms with Gasteiger partial charge in [-0.3, -0.25) is 5.41 Å². The second-order valence-corrected chi connectivity index (χ2v) is 5.37. The number of carbonyl (C=O) groups is 1. The first-order valence-corrected chi connectivity index (χ1v) is 6.66. The van der Waals surface area contributed by atoms with E-state index < -0.39 is 6.10 Å². The fourth-order valence-corrected chi connectivity index (χ4v) is 2.92. The number of thiophene rings is 1. The van der Waals surface area contributed by atoms with Crippen molar-refractivity contribution in [3.05, 3.63) is 29.1 Å². The van der Waals surface area contributed by atoms with Crippen LogP contribution in [0.5, 0.6) is 5.75 Å². The van der Waals surface area contributed by atoms with Gasteiger partial charge < -0.3 is 15.2 Å². The van der Waals surface area contributed by atoms with Crippen LogP contribution in [0.25, 0.3) is 10.1 Å². The SMILES string of the molecule is N=C(N)c1cc2ccc(OC3CCOC3=O)cc2s1. The number of hydrogen-bond acceptors (Lipinski definition) is 5. The van der Waals surface area contributed by atoms with Crippen molar-refractivity contribution in [2.75, 3.05) is 6.61 Å². The second kappa shape index (κ2) is 4.55. The maximum atomic E-state index is 11.3. The Balaban J connectivity index is 1.88. The average Bonchev–Trinajstić information content (AvgIpc) is 2.96. The van der Waals surface area contributed by atoms with E-state index >= 15 is 0 Å². The van der Waals surface area contributed by atoms with Gasteiger partial charge in [0.1, 0.15) is 11.6 Å². The smallest absolute Gasteiger partial charge is 0.347 e. The third-order valence-corrected chi connectivity index (χ3v) is 4.05. The van der Waals surface area contributed by atoms with Crippen molar-refractivity contribution in [3.8, 4) is 5.75 Å². The molecule has 0 aliphatic carbocycles. The topological polar surface area (TPSA) is 85.4 Å². The molecule has 3 N–H and O–H groups in total. The number of rotatable bonds is 3. The Kier molecular flexibility index (Phi) is 2.87. The summed E-state index contributed by atoms with van der Waals surface area (Å²) in [6.07, 6.45) is 0.0738. The van der Waals surface area contributed by atoms with Crippen LogP contribution >= 0.6 is 11.3 Å². The normalized spacial score (nSPS) is 18.5. The molecule has 0 saturated carbocycles. The van der Waals surface area contributed by atoms with Crippen molar-refractivity contribution in [3.63, 3.8) is 0 Å². The summed E-state index contributed by atoms with van der Waals surface area (Å²) in [4.78, 5) is 12.1. The van der Waals surface area contributed by atoms with E-state index in [1.807, 2.05) is 24.3 Å². The van der Waals surface area contributed by atoms with E-state index in [1.54, 1.807) is 0 Å². The summed E-state index contributed by atoms with van der Waals surface area (Å²) in [5.41, 5.74) is 5.47. The molecule has 0 amide bonds. The minimum absolute atomic E-state index is 0.0584. The lowest BCUT2D eigenvalue weighted by atomic mass is 10.2. The summed E-state index contributed by atoms with van der Waals surface area (Å²) in [5, 5.41) is 8.44. The van der Waals surface area contributed by atoms with E-state index in [0.717, 1.165) is 15.0 Å². The number of esters is 1. The first-order chi connectivity index (χ1) is 9.13. The van der Waals surface area contributed by atoms with Gasteiger partial charge in [0.25, 0.3) is 0 Å². The Hall–Kier alpha value is -2.08. The van der Waals surface area contributed by atoms with Crippen LogP contribution in [0.1, 0.15) is 11.3 Å². The Morgan fingerprint density at radius 2 is 2.32 bits per heavy atom. The predicted octanol–water partition coefficient (Wildman–Crippen LogP) is 1.88. The van der Waals surface area contributed by atoms with Crippen molar-refractivity contribution in [1.29, 1.82) is 5.41 Å². The number of cyclic esters (lactones) is 1. The van der Waals surface area contributed by atoms with E-state index in [9.17, 15) is 4.79 Å². The van der Waals surface area contributed by atoms with Crippen molar-refractivity contribution >= 4 is 33.2 Å². The van der Waals surface area contributed by atoms with Crippen LogP contribution in [0, 0.1) is 5.41 Å². The lowest BCUT2D eigenvalue weighted by molar-refractivity contribution is -0.143. The number of carbonyl (C=O) groups excluding carboxylic acids is 1. The monoisotopic (exact) mass is 276 g/mol. The molecule has 3 rings (SSSR count). The van der Waals surface area contributed by atoms with Crippen LogP contribution in [0.15, 0.2) is 24.3 Å². The predicted molar refractivity (Wildman–Crippen MR) is 72.8 cm³/mol. The van der Waals surface area contributed by atoms with Crippen molar-refractivity contribution < 1.29 is 14.3 Å². The van der Waals surface area contributed by atoms with Gasteiger partial charge in [-0.05, 0) is 29.7 Å². The maximum Gasteiger partial charge on any atom is 0.347 e. The molecule has 1 fully saturated rings. The van der Waals surface area contributed by atoms with E-state index in [-0.39, 0.29) is 11.8 Å². The summed E-state index contributed by atoms with van der Waals surface area (Å²) >= 11 is 1.43. The molecule has 0 spiro atoms. The zero-order valence-corrected chi connectivity index (χ0v) is 10.8. The molecule has 5 nitrogen and oxygen atoms in total. The molecule has 0 radical (unpaired) electrons. The highest BCUT2D eigenvalue weighted by molar-refractivity contribution is 7.20. The van der Waals surface area contributed by atoms with Gasteiger partial charge in [-0.1, -0.05) is 0 Å². The standard InChI is InChI=1S/C13H12N2O3S/c14-12(15)11-5-7-1-2-8(6-10(7)19-11)18-9-3-4-17-13(9)16/h1-2,5-6,9H,3-4H2,(H3,14,15). The zero-order valence-electron chi connectivity index (χ0n) is 10.0. The lowest BCUT2D eigenvalue weighted by Gasteiger charge is -2.09. The number of nitrogen functional groups attached to an aromatic ring is 1. The van der Waals surface area contributed by atoms with Crippen LogP contribution in [-0.2, 0) is 9.53 Å². The summed E-state index contributed by atoms with van der Waals surface area (Å²) in [6, 6.07) is 7.44. The molecule has 1 atom stereocenters. The van der Waals surface area contributed by atoms with Gasteiger partial charge in [0.05, 0.1) is 11.5 Å². The highest BCUT2D eigenvalue weighted by atomic mass is 32.1. The molecule has 1 aromatic heterocycles. The summed E-state index contributed by atoms with van der Waals surface area (Å²) < 4.78 is 11.4. The minimum Gasteiger partial charge on any atom is -0.479 e. The number of benzene rings is 1. The molecule has 98 valence electrons. The fourth-order valence-electron chi connectivity index (χ4n) is 1.97.